The van der Waals surface area contributed by atoms with Crippen molar-refractivity contribution in [2.45, 2.75) is 17.9 Å². The average molecular weight is 250 g/mol. The maximum atomic E-state index is 5.02. The molecule has 0 fully saturated rings. The molecule has 0 unspecified atom stereocenters. The molecule has 0 N–H and O–H groups in total. The summed E-state index contributed by atoms with van der Waals surface area (Å²) in [6, 6.07) is 8.52. The van der Waals surface area contributed by atoms with E-state index in [-0.39, 0.29) is 0 Å². The van der Waals surface area contributed by atoms with Gasteiger partial charge in [0.1, 0.15) is 0 Å². The topological polar surface area (TPSA) is 24.8 Å². The van der Waals surface area contributed by atoms with E-state index in [0.29, 0.717) is 0 Å². The van der Waals surface area contributed by atoms with Gasteiger partial charge in [-0.05, 0) is 18.1 Å². The first kappa shape index (κ1) is 12.5. The largest absolute Gasteiger partial charge is 0.385 e. The first-order valence-electron chi connectivity index (χ1n) is 5.81. The van der Waals surface area contributed by atoms with Crippen molar-refractivity contribution in [3.63, 3.8) is 0 Å². The summed E-state index contributed by atoms with van der Waals surface area (Å²) in [5, 5.41) is 1.11. The van der Waals surface area contributed by atoms with Crippen molar-refractivity contribution in [3.05, 3.63) is 29.8 Å². The quantitative estimate of drug-likeness (QED) is 0.768. The molecule has 2 rings (SSSR count). The van der Waals surface area contributed by atoms with E-state index in [4.69, 9.17) is 4.74 Å². The second kappa shape index (κ2) is 6.07. The summed E-state index contributed by atoms with van der Waals surface area (Å²) in [5.74, 6) is 0. The van der Waals surface area contributed by atoms with E-state index in [0.717, 1.165) is 31.3 Å². The van der Waals surface area contributed by atoms with E-state index in [2.05, 4.69) is 41.2 Å². The number of hydrogen-bond acceptors (Lipinski definition) is 3. The minimum Gasteiger partial charge on any atom is -0.385 e. The van der Waals surface area contributed by atoms with Gasteiger partial charge in [0.15, 0.2) is 5.17 Å². The third-order valence-electron chi connectivity index (χ3n) is 2.66. The van der Waals surface area contributed by atoms with Crippen LogP contribution in [-0.2, 0) is 11.3 Å². The highest BCUT2D eigenvalue weighted by Gasteiger charge is 2.18. The average Bonchev–Trinajstić information content (AvgIpc) is 2.35. The lowest BCUT2D eigenvalue weighted by Crippen LogP contribution is -2.27. The van der Waals surface area contributed by atoms with Crippen molar-refractivity contribution in [2.24, 2.45) is 4.99 Å². The summed E-state index contributed by atoms with van der Waals surface area (Å²) in [6.07, 6.45) is 0.982. The highest BCUT2D eigenvalue weighted by atomic mass is 32.2. The van der Waals surface area contributed by atoms with Gasteiger partial charge in [-0.1, -0.05) is 30.0 Å². The molecule has 1 aromatic rings. The van der Waals surface area contributed by atoms with Crippen LogP contribution in [0.5, 0.6) is 0 Å². The maximum Gasteiger partial charge on any atom is 0.164 e. The molecule has 1 aromatic carbocycles. The van der Waals surface area contributed by atoms with E-state index in [1.807, 2.05) is 0 Å². The Morgan fingerprint density at radius 1 is 1.41 bits per heavy atom. The molecule has 0 saturated heterocycles. The van der Waals surface area contributed by atoms with E-state index >= 15 is 0 Å². The first-order chi connectivity index (χ1) is 8.31. The molecule has 17 heavy (non-hydrogen) atoms. The number of rotatable bonds is 4. The molecule has 0 saturated carbocycles. The molecule has 3 nitrogen and oxygen atoms in total. The van der Waals surface area contributed by atoms with Gasteiger partial charge in [0.2, 0.25) is 0 Å². The number of fused-ring (bicyclic) bond motifs is 1. The van der Waals surface area contributed by atoms with Crippen LogP contribution in [0.25, 0.3) is 0 Å². The number of methoxy groups -OCH3 is 1. The summed E-state index contributed by atoms with van der Waals surface area (Å²) >= 11 is 1.76. The second-order valence-electron chi connectivity index (χ2n) is 4.08. The lowest BCUT2D eigenvalue weighted by molar-refractivity contribution is 0.197. The van der Waals surface area contributed by atoms with Crippen LogP contribution in [0, 0.1) is 0 Å². The number of ether oxygens (including phenoxy) is 1. The van der Waals surface area contributed by atoms with Crippen molar-refractivity contribution in [1.29, 1.82) is 0 Å². The molecular weight excluding hydrogens is 232 g/mol. The summed E-state index contributed by atoms with van der Waals surface area (Å²) in [4.78, 5) is 8.16. The van der Waals surface area contributed by atoms with Crippen molar-refractivity contribution in [2.75, 3.05) is 27.3 Å². The number of aliphatic imine (C=N–C) groups is 1. The Balaban J connectivity index is 2.02. The van der Waals surface area contributed by atoms with Gasteiger partial charge in [-0.2, -0.15) is 0 Å². The van der Waals surface area contributed by atoms with E-state index < -0.39 is 0 Å². The molecule has 0 aromatic heterocycles. The normalized spacial score (nSPS) is 17.3. The monoisotopic (exact) mass is 250 g/mol. The van der Waals surface area contributed by atoms with Gasteiger partial charge in [0.25, 0.3) is 0 Å². The molecule has 0 atom stereocenters. The second-order valence-corrected chi connectivity index (χ2v) is 5.09. The highest BCUT2D eigenvalue weighted by molar-refractivity contribution is 8.13. The lowest BCUT2D eigenvalue weighted by atomic mass is 10.2. The van der Waals surface area contributed by atoms with Crippen molar-refractivity contribution >= 4 is 16.9 Å². The number of benzene rings is 1. The molecule has 1 aliphatic rings. The van der Waals surface area contributed by atoms with Crippen LogP contribution in [0.3, 0.4) is 0 Å². The van der Waals surface area contributed by atoms with Crippen LogP contribution in [0.1, 0.15) is 12.0 Å². The van der Waals surface area contributed by atoms with Crippen molar-refractivity contribution in [1.82, 2.24) is 4.90 Å². The van der Waals surface area contributed by atoms with Crippen molar-refractivity contribution < 1.29 is 4.74 Å². The smallest absolute Gasteiger partial charge is 0.164 e. The summed E-state index contributed by atoms with van der Waals surface area (Å²) in [7, 11) is 3.82. The Morgan fingerprint density at radius 2 is 2.24 bits per heavy atom. The highest BCUT2D eigenvalue weighted by Crippen LogP contribution is 2.31. The number of thioether (sulfide) groups is 1. The van der Waals surface area contributed by atoms with E-state index in [1.165, 1.54) is 10.5 Å². The van der Waals surface area contributed by atoms with Crippen LogP contribution >= 0.6 is 11.8 Å². The number of hydrogen-bond donors (Lipinski definition) is 0. The standard InChI is InChI=1S/C13H18N2OS/c1-15-10-11-6-3-4-7-12(11)17-13(15)14-8-5-9-16-2/h3-4,6-7H,5,8-10H2,1-2H3. The Hall–Kier alpha value is -1.00. The molecule has 1 aliphatic heterocycles. The Morgan fingerprint density at radius 3 is 3.06 bits per heavy atom. The summed E-state index contributed by atoms with van der Waals surface area (Å²) in [5.41, 5.74) is 1.39. The zero-order valence-electron chi connectivity index (χ0n) is 10.3. The van der Waals surface area contributed by atoms with Crippen LogP contribution in [0.2, 0.25) is 0 Å². The summed E-state index contributed by atoms with van der Waals surface area (Å²) in [6.45, 7) is 2.57. The molecule has 0 radical (unpaired) electrons. The fourth-order valence-corrected chi connectivity index (χ4v) is 2.75. The van der Waals surface area contributed by atoms with Gasteiger partial charge in [0, 0.05) is 38.7 Å². The van der Waals surface area contributed by atoms with Crippen LogP contribution in [0.4, 0.5) is 0 Å². The minimum absolute atomic E-state index is 0.780. The zero-order chi connectivity index (χ0) is 12.1. The van der Waals surface area contributed by atoms with E-state index in [1.54, 1.807) is 18.9 Å². The van der Waals surface area contributed by atoms with Crippen LogP contribution in [-0.4, -0.2) is 37.4 Å². The summed E-state index contributed by atoms with van der Waals surface area (Å²) < 4.78 is 5.02. The number of amidine groups is 1. The Kier molecular flexibility index (Phi) is 4.45. The minimum atomic E-state index is 0.780. The van der Waals surface area contributed by atoms with E-state index in [9.17, 15) is 0 Å². The Labute approximate surface area is 107 Å². The molecule has 1 heterocycles. The predicted molar refractivity (Wildman–Crippen MR) is 72.6 cm³/mol. The first-order valence-corrected chi connectivity index (χ1v) is 6.63. The molecular formula is C13H18N2OS. The Bertz CT molecular complexity index is 406. The number of nitrogens with zero attached hydrogens (tertiary/aromatic N) is 2. The van der Waals surface area contributed by atoms with Gasteiger partial charge < -0.3 is 9.64 Å². The molecule has 92 valence electrons. The third-order valence-corrected chi connectivity index (χ3v) is 3.90. The van der Waals surface area contributed by atoms with Gasteiger partial charge in [-0.3, -0.25) is 4.99 Å². The van der Waals surface area contributed by atoms with Gasteiger partial charge in [-0.15, -0.1) is 0 Å². The SMILES string of the molecule is COCCCN=C1Sc2ccccc2CN1C. The molecule has 4 heteroatoms. The molecule has 0 spiro atoms. The predicted octanol–water partition coefficient (Wildman–Crippen LogP) is 2.62. The van der Waals surface area contributed by atoms with Gasteiger partial charge in [0.05, 0.1) is 0 Å². The zero-order valence-corrected chi connectivity index (χ0v) is 11.2. The van der Waals surface area contributed by atoms with Gasteiger partial charge >= 0.3 is 0 Å². The fraction of sp³-hybridized carbons (Fsp3) is 0.462. The van der Waals surface area contributed by atoms with Crippen LogP contribution in [0.15, 0.2) is 34.2 Å². The lowest BCUT2D eigenvalue weighted by Gasteiger charge is -2.27. The van der Waals surface area contributed by atoms with Gasteiger partial charge in [-0.25, -0.2) is 0 Å². The van der Waals surface area contributed by atoms with Crippen LogP contribution < -0.4 is 0 Å². The maximum absolute atomic E-state index is 5.02. The molecule has 0 amide bonds. The molecule has 0 aliphatic carbocycles. The third kappa shape index (κ3) is 3.23. The molecule has 0 bridgehead atoms. The van der Waals surface area contributed by atoms with Crippen molar-refractivity contribution in [3.8, 4) is 0 Å². The fourth-order valence-electron chi connectivity index (χ4n) is 1.77.